The largest absolute Gasteiger partial charge is 0.306 e. The molecule has 0 spiro atoms. The molecule has 1 nitrogen and oxygen atoms in total. The van der Waals surface area contributed by atoms with Crippen molar-refractivity contribution in [3.63, 3.8) is 0 Å². The first-order valence-electron chi connectivity index (χ1n) is 7.28. The van der Waals surface area contributed by atoms with E-state index in [4.69, 9.17) is 0 Å². The van der Waals surface area contributed by atoms with Gasteiger partial charge in [-0.25, -0.2) is 0 Å². The van der Waals surface area contributed by atoms with E-state index in [1.165, 1.54) is 42.4 Å². The van der Waals surface area contributed by atoms with Crippen LogP contribution in [0, 0.1) is 0 Å². The van der Waals surface area contributed by atoms with Crippen molar-refractivity contribution in [2.45, 2.75) is 38.3 Å². The summed E-state index contributed by atoms with van der Waals surface area (Å²) >= 11 is 0. The van der Waals surface area contributed by atoms with Crippen LogP contribution in [-0.4, -0.2) is 0 Å². The molecule has 1 atom stereocenters. The Kier molecular flexibility index (Phi) is 3.95. The van der Waals surface area contributed by atoms with Crippen LogP contribution in [0.4, 0.5) is 0 Å². The molecule has 1 N–H and O–H groups in total. The third-order valence-electron chi connectivity index (χ3n) is 4.01. The van der Waals surface area contributed by atoms with E-state index < -0.39 is 0 Å². The molecule has 0 amide bonds. The molecule has 0 fully saturated rings. The van der Waals surface area contributed by atoms with Crippen molar-refractivity contribution in [2.24, 2.45) is 0 Å². The summed E-state index contributed by atoms with van der Waals surface area (Å²) < 4.78 is 0. The van der Waals surface area contributed by atoms with Crippen molar-refractivity contribution in [1.29, 1.82) is 0 Å². The first kappa shape index (κ1) is 12.4. The summed E-state index contributed by atoms with van der Waals surface area (Å²) in [6, 6.07) is 20.1. The van der Waals surface area contributed by atoms with E-state index >= 15 is 0 Å². The van der Waals surface area contributed by atoms with Gasteiger partial charge in [-0.15, -0.1) is 0 Å². The smallest absolute Gasteiger partial charge is 0.0325 e. The topological polar surface area (TPSA) is 12.0 Å². The SMILES string of the molecule is c1ccc(CNC2CCCCc3ccccc32)cc1. The van der Waals surface area contributed by atoms with Gasteiger partial charge in [0.1, 0.15) is 0 Å². The molecule has 19 heavy (non-hydrogen) atoms. The Labute approximate surface area is 115 Å². The van der Waals surface area contributed by atoms with Gasteiger partial charge in [-0.2, -0.15) is 0 Å². The molecule has 0 saturated heterocycles. The molecule has 1 aliphatic carbocycles. The van der Waals surface area contributed by atoms with Crippen LogP contribution in [0.25, 0.3) is 0 Å². The van der Waals surface area contributed by atoms with E-state index in [1.807, 2.05) is 0 Å². The third-order valence-corrected chi connectivity index (χ3v) is 4.01. The van der Waals surface area contributed by atoms with Gasteiger partial charge in [0, 0.05) is 12.6 Å². The molecular formula is C18H21N. The van der Waals surface area contributed by atoms with Gasteiger partial charge < -0.3 is 5.32 Å². The average molecular weight is 251 g/mol. The van der Waals surface area contributed by atoms with Crippen LogP contribution in [0.3, 0.4) is 0 Å². The number of rotatable bonds is 3. The average Bonchev–Trinajstić information content (AvgIpc) is 2.68. The van der Waals surface area contributed by atoms with E-state index in [0.717, 1.165) is 6.54 Å². The van der Waals surface area contributed by atoms with Crippen LogP contribution in [-0.2, 0) is 13.0 Å². The minimum atomic E-state index is 0.513. The van der Waals surface area contributed by atoms with Crippen LogP contribution in [0.1, 0.15) is 42.0 Å². The minimum absolute atomic E-state index is 0.513. The maximum Gasteiger partial charge on any atom is 0.0325 e. The number of benzene rings is 2. The standard InChI is InChI=1S/C18H21N/c1-2-8-15(9-3-1)14-19-18-13-7-5-11-16-10-4-6-12-17(16)18/h1-4,6,8-10,12,18-19H,5,7,11,13-14H2. The number of hydrogen-bond acceptors (Lipinski definition) is 1. The molecule has 0 aromatic heterocycles. The van der Waals surface area contributed by atoms with Crippen molar-refractivity contribution >= 4 is 0 Å². The van der Waals surface area contributed by atoms with Gasteiger partial charge in [0.25, 0.3) is 0 Å². The van der Waals surface area contributed by atoms with Gasteiger partial charge >= 0.3 is 0 Å². The summed E-state index contributed by atoms with van der Waals surface area (Å²) in [5.74, 6) is 0. The molecule has 0 heterocycles. The Morgan fingerprint density at radius 3 is 2.58 bits per heavy atom. The van der Waals surface area contributed by atoms with Crippen molar-refractivity contribution in [1.82, 2.24) is 5.32 Å². The van der Waals surface area contributed by atoms with Gasteiger partial charge in [0.2, 0.25) is 0 Å². The van der Waals surface area contributed by atoms with Gasteiger partial charge in [0.15, 0.2) is 0 Å². The van der Waals surface area contributed by atoms with Crippen molar-refractivity contribution in [3.05, 3.63) is 71.3 Å². The quantitative estimate of drug-likeness (QED) is 0.804. The van der Waals surface area contributed by atoms with E-state index in [-0.39, 0.29) is 0 Å². The van der Waals surface area contributed by atoms with E-state index in [2.05, 4.69) is 59.9 Å². The summed E-state index contributed by atoms with van der Waals surface area (Å²) in [6.45, 7) is 0.958. The lowest BCUT2D eigenvalue weighted by Crippen LogP contribution is -2.21. The second kappa shape index (κ2) is 6.03. The molecule has 98 valence electrons. The second-order valence-corrected chi connectivity index (χ2v) is 5.36. The highest BCUT2D eigenvalue weighted by Gasteiger charge is 2.17. The van der Waals surface area contributed by atoms with E-state index in [1.54, 1.807) is 0 Å². The van der Waals surface area contributed by atoms with E-state index in [9.17, 15) is 0 Å². The molecule has 0 aliphatic heterocycles. The fourth-order valence-corrected chi connectivity index (χ4v) is 2.97. The van der Waals surface area contributed by atoms with Gasteiger partial charge in [-0.1, -0.05) is 61.0 Å². The van der Waals surface area contributed by atoms with Crippen molar-refractivity contribution < 1.29 is 0 Å². The Bertz CT molecular complexity index is 518. The number of hydrogen-bond donors (Lipinski definition) is 1. The van der Waals surface area contributed by atoms with Crippen LogP contribution in [0.2, 0.25) is 0 Å². The first-order valence-corrected chi connectivity index (χ1v) is 7.28. The first-order chi connectivity index (χ1) is 9.43. The Morgan fingerprint density at radius 1 is 0.895 bits per heavy atom. The molecule has 2 aromatic carbocycles. The molecule has 0 saturated carbocycles. The maximum atomic E-state index is 3.73. The van der Waals surface area contributed by atoms with Crippen LogP contribution in [0.15, 0.2) is 54.6 Å². The molecule has 1 heteroatoms. The molecule has 0 bridgehead atoms. The molecule has 1 unspecified atom stereocenters. The second-order valence-electron chi connectivity index (χ2n) is 5.36. The summed E-state index contributed by atoms with van der Waals surface area (Å²) in [7, 11) is 0. The lowest BCUT2D eigenvalue weighted by molar-refractivity contribution is 0.489. The summed E-state index contributed by atoms with van der Waals surface area (Å²) in [5, 5.41) is 3.73. The Hall–Kier alpha value is -1.60. The lowest BCUT2D eigenvalue weighted by Gasteiger charge is -2.19. The lowest BCUT2D eigenvalue weighted by atomic mass is 9.99. The zero-order valence-corrected chi connectivity index (χ0v) is 11.3. The summed E-state index contributed by atoms with van der Waals surface area (Å²) in [4.78, 5) is 0. The fraction of sp³-hybridized carbons (Fsp3) is 0.333. The van der Waals surface area contributed by atoms with Gasteiger partial charge in [-0.3, -0.25) is 0 Å². The monoisotopic (exact) mass is 251 g/mol. The molecule has 2 aromatic rings. The summed E-state index contributed by atoms with van der Waals surface area (Å²) in [6.07, 6.45) is 5.13. The third kappa shape index (κ3) is 3.05. The van der Waals surface area contributed by atoms with Crippen molar-refractivity contribution in [3.8, 4) is 0 Å². The zero-order valence-electron chi connectivity index (χ0n) is 11.3. The van der Waals surface area contributed by atoms with E-state index in [0.29, 0.717) is 6.04 Å². The van der Waals surface area contributed by atoms with Crippen molar-refractivity contribution in [2.75, 3.05) is 0 Å². The minimum Gasteiger partial charge on any atom is -0.306 e. The summed E-state index contributed by atoms with van der Waals surface area (Å²) in [5.41, 5.74) is 4.41. The molecule has 1 aliphatic rings. The predicted octanol–water partition coefficient (Wildman–Crippen LogP) is 4.24. The number of aryl methyl sites for hydroxylation is 1. The van der Waals surface area contributed by atoms with Crippen LogP contribution in [0.5, 0.6) is 0 Å². The molecule has 0 radical (unpaired) electrons. The normalized spacial score (nSPS) is 18.6. The van der Waals surface area contributed by atoms with Crippen LogP contribution >= 0.6 is 0 Å². The Morgan fingerprint density at radius 2 is 1.68 bits per heavy atom. The highest BCUT2D eigenvalue weighted by atomic mass is 14.9. The maximum absolute atomic E-state index is 3.73. The van der Waals surface area contributed by atoms with Crippen LogP contribution < -0.4 is 5.32 Å². The number of nitrogens with one attached hydrogen (secondary N) is 1. The predicted molar refractivity (Wildman–Crippen MR) is 80.0 cm³/mol. The fourth-order valence-electron chi connectivity index (χ4n) is 2.97. The highest BCUT2D eigenvalue weighted by Crippen LogP contribution is 2.28. The molecule has 3 rings (SSSR count). The zero-order chi connectivity index (χ0) is 12.9. The highest BCUT2D eigenvalue weighted by molar-refractivity contribution is 5.31. The van der Waals surface area contributed by atoms with Gasteiger partial charge in [-0.05, 0) is 36.0 Å². The Balaban J connectivity index is 1.74. The van der Waals surface area contributed by atoms with Gasteiger partial charge in [0.05, 0.1) is 0 Å². The number of fused-ring (bicyclic) bond motifs is 1. The molecular weight excluding hydrogens is 230 g/mol.